The van der Waals surface area contributed by atoms with Crippen LogP contribution >= 0.6 is 0 Å². The highest BCUT2D eigenvalue weighted by Crippen LogP contribution is 2.09. The molecule has 0 radical (unpaired) electrons. The van der Waals surface area contributed by atoms with E-state index in [4.69, 9.17) is 5.11 Å². The Morgan fingerprint density at radius 2 is 2.10 bits per heavy atom. The minimum atomic E-state index is -0.516. The highest BCUT2D eigenvalue weighted by molar-refractivity contribution is 5.75. The Hall–Kier alpha value is -1.89. The second kappa shape index (κ2) is 8.41. The van der Waals surface area contributed by atoms with E-state index >= 15 is 0 Å². The highest BCUT2D eigenvalue weighted by atomic mass is 16.3. The van der Waals surface area contributed by atoms with Gasteiger partial charge in [-0.05, 0) is 18.8 Å². The molecule has 118 valence electrons. The summed E-state index contributed by atoms with van der Waals surface area (Å²) in [5.41, 5.74) is -0.916. The van der Waals surface area contributed by atoms with Gasteiger partial charge in [0.2, 0.25) is 5.91 Å². The SMILES string of the molecule is CCCC(CCO)CNC(=O)Cn1ccc(=O)n(C)c1=O. The first-order valence-corrected chi connectivity index (χ1v) is 7.13. The summed E-state index contributed by atoms with van der Waals surface area (Å²) in [4.78, 5) is 34.9. The average Bonchev–Trinajstić information content (AvgIpc) is 2.46. The third-order valence-electron chi connectivity index (χ3n) is 3.40. The molecule has 0 aliphatic carbocycles. The van der Waals surface area contributed by atoms with E-state index in [1.165, 1.54) is 23.9 Å². The zero-order valence-corrected chi connectivity index (χ0v) is 12.5. The van der Waals surface area contributed by atoms with Crippen molar-refractivity contribution in [2.24, 2.45) is 13.0 Å². The molecule has 1 atom stereocenters. The van der Waals surface area contributed by atoms with E-state index in [9.17, 15) is 14.4 Å². The number of amides is 1. The standard InChI is InChI=1S/C14H23N3O4/c1-3-4-11(6-8-18)9-15-12(19)10-17-7-5-13(20)16(2)14(17)21/h5,7,11,18H,3-4,6,8-10H2,1-2H3,(H,15,19). The van der Waals surface area contributed by atoms with Gasteiger partial charge >= 0.3 is 5.69 Å². The van der Waals surface area contributed by atoms with Crippen LogP contribution in [0.4, 0.5) is 0 Å². The number of aliphatic hydroxyl groups is 1. The van der Waals surface area contributed by atoms with Gasteiger partial charge in [-0.1, -0.05) is 13.3 Å². The molecule has 0 aliphatic rings. The second-order valence-electron chi connectivity index (χ2n) is 5.09. The number of carbonyl (C=O) groups is 1. The van der Waals surface area contributed by atoms with Crippen LogP contribution in [-0.2, 0) is 18.4 Å². The molecule has 1 rings (SSSR count). The van der Waals surface area contributed by atoms with Gasteiger partial charge in [-0.2, -0.15) is 0 Å². The number of nitrogens with zero attached hydrogens (tertiary/aromatic N) is 2. The van der Waals surface area contributed by atoms with Crippen molar-refractivity contribution in [2.75, 3.05) is 13.2 Å². The number of aliphatic hydroxyl groups excluding tert-OH is 1. The van der Waals surface area contributed by atoms with Gasteiger partial charge in [-0.25, -0.2) is 4.79 Å². The first kappa shape index (κ1) is 17.2. The number of rotatable bonds is 8. The van der Waals surface area contributed by atoms with E-state index in [2.05, 4.69) is 12.2 Å². The van der Waals surface area contributed by atoms with Crippen molar-refractivity contribution in [2.45, 2.75) is 32.7 Å². The topological polar surface area (TPSA) is 93.3 Å². The molecule has 0 aromatic carbocycles. The van der Waals surface area contributed by atoms with Crippen LogP contribution in [0.15, 0.2) is 21.9 Å². The van der Waals surface area contributed by atoms with Crippen LogP contribution in [-0.4, -0.2) is 33.3 Å². The largest absolute Gasteiger partial charge is 0.396 e. The van der Waals surface area contributed by atoms with Gasteiger partial charge in [0.15, 0.2) is 0 Å². The molecule has 0 fully saturated rings. The fourth-order valence-corrected chi connectivity index (χ4v) is 2.14. The molecular weight excluding hydrogens is 274 g/mol. The quantitative estimate of drug-likeness (QED) is 0.674. The smallest absolute Gasteiger partial charge is 0.331 e. The lowest BCUT2D eigenvalue weighted by atomic mass is 10.0. The summed E-state index contributed by atoms with van der Waals surface area (Å²) < 4.78 is 2.15. The Bertz CT molecular complexity index is 570. The number of nitrogens with one attached hydrogen (secondary N) is 1. The molecule has 7 heteroatoms. The lowest BCUT2D eigenvalue weighted by Gasteiger charge is -2.16. The van der Waals surface area contributed by atoms with E-state index in [0.717, 1.165) is 17.4 Å². The molecule has 0 spiro atoms. The van der Waals surface area contributed by atoms with Crippen LogP contribution in [0, 0.1) is 5.92 Å². The lowest BCUT2D eigenvalue weighted by Crippen LogP contribution is -2.41. The number of hydrogen-bond donors (Lipinski definition) is 2. The van der Waals surface area contributed by atoms with Crippen molar-refractivity contribution >= 4 is 5.91 Å². The molecule has 0 bridgehead atoms. The molecule has 0 saturated heterocycles. The van der Waals surface area contributed by atoms with Gasteiger partial charge in [0.25, 0.3) is 5.56 Å². The maximum Gasteiger partial charge on any atom is 0.331 e. The summed E-state index contributed by atoms with van der Waals surface area (Å²) in [6.07, 6.45) is 3.89. The van der Waals surface area contributed by atoms with Crippen molar-refractivity contribution < 1.29 is 9.90 Å². The third-order valence-corrected chi connectivity index (χ3v) is 3.40. The molecule has 1 aromatic rings. The number of carbonyl (C=O) groups excluding carboxylic acids is 1. The minimum Gasteiger partial charge on any atom is -0.396 e. The monoisotopic (exact) mass is 297 g/mol. The molecule has 7 nitrogen and oxygen atoms in total. The minimum absolute atomic E-state index is 0.0980. The van der Waals surface area contributed by atoms with Crippen LogP contribution in [0.5, 0.6) is 0 Å². The maximum absolute atomic E-state index is 11.9. The molecule has 1 aromatic heterocycles. The molecule has 0 aliphatic heterocycles. The first-order valence-electron chi connectivity index (χ1n) is 7.13. The molecule has 21 heavy (non-hydrogen) atoms. The summed E-state index contributed by atoms with van der Waals surface area (Å²) in [5, 5.41) is 11.7. The Morgan fingerprint density at radius 1 is 1.38 bits per heavy atom. The van der Waals surface area contributed by atoms with Crippen molar-refractivity contribution in [1.29, 1.82) is 0 Å². The van der Waals surface area contributed by atoms with E-state index in [-0.39, 0.29) is 25.0 Å². The molecule has 1 heterocycles. The van der Waals surface area contributed by atoms with Crippen LogP contribution in [0.2, 0.25) is 0 Å². The van der Waals surface area contributed by atoms with Crippen molar-refractivity contribution in [1.82, 2.24) is 14.5 Å². The third kappa shape index (κ3) is 5.18. The van der Waals surface area contributed by atoms with Gasteiger partial charge in [-0.15, -0.1) is 0 Å². The normalized spacial score (nSPS) is 12.1. The predicted octanol–water partition coefficient (Wildman–Crippen LogP) is -0.538. The number of aromatic nitrogens is 2. The zero-order chi connectivity index (χ0) is 15.8. The summed E-state index contributed by atoms with van der Waals surface area (Å²) in [6.45, 7) is 2.51. The lowest BCUT2D eigenvalue weighted by molar-refractivity contribution is -0.122. The molecule has 1 unspecified atom stereocenters. The maximum atomic E-state index is 11.9. The fraction of sp³-hybridized carbons (Fsp3) is 0.643. The van der Waals surface area contributed by atoms with Crippen LogP contribution in [0.3, 0.4) is 0 Å². The molecule has 1 amide bonds. The van der Waals surface area contributed by atoms with Crippen LogP contribution in [0.25, 0.3) is 0 Å². The second-order valence-corrected chi connectivity index (χ2v) is 5.09. The summed E-state index contributed by atoms with van der Waals surface area (Å²) in [5.74, 6) is -0.0457. The molecular formula is C14H23N3O4. The van der Waals surface area contributed by atoms with E-state index in [1.54, 1.807) is 0 Å². The van der Waals surface area contributed by atoms with Crippen LogP contribution < -0.4 is 16.6 Å². The van der Waals surface area contributed by atoms with Gasteiger partial charge < -0.3 is 10.4 Å². The molecule has 2 N–H and O–H groups in total. The average molecular weight is 297 g/mol. The summed E-state index contributed by atoms with van der Waals surface area (Å²) in [6, 6.07) is 1.25. The van der Waals surface area contributed by atoms with Crippen LogP contribution in [0.1, 0.15) is 26.2 Å². The first-order chi connectivity index (χ1) is 9.99. The van der Waals surface area contributed by atoms with Gasteiger partial charge in [0.05, 0.1) is 0 Å². The van der Waals surface area contributed by atoms with E-state index < -0.39 is 11.2 Å². The Balaban J connectivity index is 2.60. The Kier molecular flexibility index (Phi) is 6.87. The molecule has 0 saturated carbocycles. The van der Waals surface area contributed by atoms with Crippen molar-refractivity contribution in [3.05, 3.63) is 33.1 Å². The van der Waals surface area contributed by atoms with Crippen molar-refractivity contribution in [3.63, 3.8) is 0 Å². The van der Waals surface area contributed by atoms with Crippen molar-refractivity contribution in [3.8, 4) is 0 Å². The Labute approximate surface area is 123 Å². The summed E-state index contributed by atoms with van der Waals surface area (Å²) in [7, 11) is 1.37. The zero-order valence-electron chi connectivity index (χ0n) is 12.5. The summed E-state index contributed by atoms with van der Waals surface area (Å²) >= 11 is 0. The predicted molar refractivity (Wildman–Crippen MR) is 79.1 cm³/mol. The van der Waals surface area contributed by atoms with Gasteiger partial charge in [0.1, 0.15) is 6.54 Å². The van der Waals surface area contributed by atoms with Gasteiger partial charge in [-0.3, -0.25) is 18.7 Å². The van der Waals surface area contributed by atoms with E-state index in [0.29, 0.717) is 13.0 Å². The number of hydrogen-bond acceptors (Lipinski definition) is 4. The van der Waals surface area contributed by atoms with E-state index in [1.807, 2.05) is 0 Å². The highest BCUT2D eigenvalue weighted by Gasteiger charge is 2.11. The Morgan fingerprint density at radius 3 is 2.71 bits per heavy atom. The fourth-order valence-electron chi connectivity index (χ4n) is 2.14. The van der Waals surface area contributed by atoms with Gasteiger partial charge in [0, 0.05) is 32.5 Å².